The fourth-order valence-electron chi connectivity index (χ4n) is 1.68. The van der Waals surface area contributed by atoms with Crippen LogP contribution in [0.5, 0.6) is 0 Å². The van der Waals surface area contributed by atoms with Gasteiger partial charge in [0.15, 0.2) is 0 Å². The monoisotopic (exact) mass is 341 g/mol. The smallest absolute Gasteiger partial charge is 0.461 e. The third-order valence-electron chi connectivity index (χ3n) is 2.68. The van der Waals surface area contributed by atoms with Gasteiger partial charge in [-0.1, -0.05) is 0 Å². The first-order chi connectivity index (χ1) is 11.5. The highest BCUT2D eigenvalue weighted by Gasteiger charge is 2.18. The van der Waals surface area contributed by atoms with Crippen molar-refractivity contribution < 1.29 is 28.7 Å². The zero-order chi connectivity index (χ0) is 17.9. The Bertz CT molecular complexity index is 592. The fourth-order valence-corrected chi connectivity index (χ4v) is 1.68. The molecule has 0 aromatic heterocycles. The van der Waals surface area contributed by atoms with Gasteiger partial charge in [-0.2, -0.15) is 0 Å². The van der Waals surface area contributed by atoms with Crippen LogP contribution in [-0.2, 0) is 14.2 Å². The van der Waals surface area contributed by atoms with Crippen LogP contribution in [0.1, 0.15) is 17.3 Å². The van der Waals surface area contributed by atoms with E-state index in [0.717, 1.165) is 6.07 Å². The van der Waals surface area contributed by atoms with Crippen LogP contribution in [0.15, 0.2) is 18.2 Å². The molecule has 0 spiro atoms. The molecule has 10 nitrogen and oxygen atoms in total. The second-order valence-electron chi connectivity index (χ2n) is 4.37. The van der Waals surface area contributed by atoms with E-state index in [2.05, 4.69) is 10.1 Å². The van der Waals surface area contributed by atoms with Crippen LogP contribution in [0.25, 0.3) is 0 Å². The van der Waals surface area contributed by atoms with E-state index in [1.54, 1.807) is 6.92 Å². The summed E-state index contributed by atoms with van der Waals surface area (Å²) in [4.78, 5) is 33.2. The number of nitrogens with two attached hydrogens (primary N) is 1. The van der Waals surface area contributed by atoms with Gasteiger partial charge >= 0.3 is 12.1 Å². The van der Waals surface area contributed by atoms with Gasteiger partial charge in [0.25, 0.3) is 5.69 Å². The summed E-state index contributed by atoms with van der Waals surface area (Å²) in [5, 5.41) is 13.7. The molecule has 132 valence electrons. The molecule has 0 atom stereocenters. The number of hydrogen-bond acceptors (Lipinski definition) is 9. The maximum absolute atomic E-state index is 12.0. The Morgan fingerprint density at radius 1 is 1.25 bits per heavy atom. The summed E-state index contributed by atoms with van der Waals surface area (Å²) in [6.45, 7) is 2.14. The van der Waals surface area contributed by atoms with Gasteiger partial charge in [-0.05, 0) is 13.0 Å². The van der Waals surface area contributed by atoms with Crippen molar-refractivity contribution in [1.29, 1.82) is 0 Å². The van der Waals surface area contributed by atoms with E-state index in [1.807, 2.05) is 0 Å². The lowest BCUT2D eigenvalue weighted by atomic mass is 10.1. The van der Waals surface area contributed by atoms with Crippen molar-refractivity contribution in [2.75, 3.05) is 38.2 Å². The van der Waals surface area contributed by atoms with Crippen LogP contribution in [0.3, 0.4) is 0 Å². The third kappa shape index (κ3) is 6.08. The number of nitro benzene ring substituents is 1. The molecule has 1 aromatic rings. The second kappa shape index (κ2) is 10.0. The van der Waals surface area contributed by atoms with Gasteiger partial charge in [0.1, 0.15) is 13.2 Å². The number of nitrogens with zero attached hydrogens (tertiary/aromatic N) is 1. The van der Waals surface area contributed by atoms with Crippen molar-refractivity contribution in [1.82, 2.24) is 0 Å². The van der Waals surface area contributed by atoms with Crippen LogP contribution in [-0.4, -0.2) is 50.0 Å². The molecule has 0 aliphatic rings. The average Bonchev–Trinajstić information content (AvgIpc) is 2.56. The molecule has 0 unspecified atom stereocenters. The van der Waals surface area contributed by atoms with Gasteiger partial charge in [-0.25, -0.2) is 9.59 Å². The summed E-state index contributed by atoms with van der Waals surface area (Å²) in [6.07, 6.45) is -0.800. The Labute approximate surface area is 138 Å². The number of esters is 1. The summed E-state index contributed by atoms with van der Waals surface area (Å²) >= 11 is 0. The van der Waals surface area contributed by atoms with E-state index in [4.69, 9.17) is 15.2 Å². The van der Waals surface area contributed by atoms with Crippen molar-refractivity contribution in [3.63, 3.8) is 0 Å². The number of non-ortho nitro benzene ring substituents is 1. The van der Waals surface area contributed by atoms with Gasteiger partial charge in [0.05, 0.1) is 17.1 Å². The molecule has 0 saturated carbocycles. The normalized spacial score (nSPS) is 9.92. The van der Waals surface area contributed by atoms with Crippen molar-refractivity contribution in [2.24, 2.45) is 5.73 Å². The molecular formula is C14H19N3O7. The molecule has 0 saturated heterocycles. The summed E-state index contributed by atoms with van der Waals surface area (Å²) in [5.74, 6) is -0.738. The van der Waals surface area contributed by atoms with Gasteiger partial charge in [-0.15, -0.1) is 0 Å². The molecule has 0 heterocycles. The molecule has 0 aliphatic heterocycles. The Morgan fingerprint density at radius 2 is 2.00 bits per heavy atom. The average molecular weight is 341 g/mol. The lowest BCUT2D eigenvalue weighted by Gasteiger charge is -2.12. The first-order valence-corrected chi connectivity index (χ1v) is 7.18. The first kappa shape index (κ1) is 19.2. The number of carbonyl (C=O) groups is 2. The van der Waals surface area contributed by atoms with E-state index >= 15 is 0 Å². The Morgan fingerprint density at radius 3 is 2.62 bits per heavy atom. The van der Waals surface area contributed by atoms with E-state index in [0.29, 0.717) is 5.69 Å². The lowest BCUT2D eigenvalue weighted by molar-refractivity contribution is -0.384. The third-order valence-corrected chi connectivity index (χ3v) is 2.68. The molecule has 0 fully saturated rings. The highest BCUT2D eigenvalue weighted by atomic mass is 16.7. The predicted molar refractivity (Wildman–Crippen MR) is 83.9 cm³/mol. The Hall–Kier alpha value is -2.88. The highest BCUT2D eigenvalue weighted by Crippen LogP contribution is 2.23. The molecule has 0 radical (unpaired) electrons. The SMILES string of the molecule is CCOC(=O)OCCNc1ccc([N+](=O)[O-])cc1C(=O)OCCN. The number of ether oxygens (including phenoxy) is 3. The summed E-state index contributed by atoms with van der Waals surface area (Å²) in [5.41, 5.74) is 5.32. The summed E-state index contributed by atoms with van der Waals surface area (Å²) in [6, 6.07) is 3.73. The van der Waals surface area contributed by atoms with Crippen molar-refractivity contribution in [3.8, 4) is 0 Å². The van der Waals surface area contributed by atoms with E-state index < -0.39 is 17.0 Å². The number of hydrogen-bond donors (Lipinski definition) is 2. The van der Waals surface area contributed by atoms with Gasteiger partial charge in [-0.3, -0.25) is 10.1 Å². The first-order valence-electron chi connectivity index (χ1n) is 7.18. The lowest BCUT2D eigenvalue weighted by Crippen LogP contribution is -2.18. The van der Waals surface area contributed by atoms with Crippen LogP contribution in [0, 0.1) is 10.1 Å². The summed E-state index contributed by atoms with van der Waals surface area (Å²) < 4.78 is 14.3. The number of anilines is 1. The van der Waals surface area contributed by atoms with Gasteiger partial charge < -0.3 is 25.3 Å². The summed E-state index contributed by atoms with van der Waals surface area (Å²) in [7, 11) is 0. The maximum Gasteiger partial charge on any atom is 0.508 e. The van der Waals surface area contributed by atoms with Crippen LogP contribution in [0.2, 0.25) is 0 Å². The molecule has 1 aromatic carbocycles. The van der Waals surface area contributed by atoms with Gasteiger partial charge in [0.2, 0.25) is 0 Å². The highest BCUT2D eigenvalue weighted by molar-refractivity contribution is 5.96. The number of carbonyl (C=O) groups excluding carboxylic acids is 2. The molecule has 0 bridgehead atoms. The van der Waals surface area contributed by atoms with Crippen molar-refractivity contribution >= 4 is 23.5 Å². The minimum Gasteiger partial charge on any atom is -0.461 e. The van der Waals surface area contributed by atoms with Crippen LogP contribution >= 0.6 is 0 Å². The second-order valence-corrected chi connectivity index (χ2v) is 4.37. The maximum atomic E-state index is 12.0. The molecule has 3 N–H and O–H groups in total. The number of nitrogens with one attached hydrogen (secondary N) is 1. The molecule has 10 heteroatoms. The van der Waals surface area contributed by atoms with Crippen LogP contribution in [0.4, 0.5) is 16.2 Å². The minimum absolute atomic E-state index is 0.00575. The van der Waals surface area contributed by atoms with E-state index in [-0.39, 0.29) is 44.2 Å². The quantitative estimate of drug-likeness (QED) is 0.294. The van der Waals surface area contributed by atoms with Crippen molar-refractivity contribution in [2.45, 2.75) is 6.92 Å². The number of nitro groups is 1. The fraction of sp³-hybridized carbons (Fsp3) is 0.429. The predicted octanol–water partition coefficient (Wildman–Crippen LogP) is 1.30. The molecule has 1 rings (SSSR count). The standard InChI is InChI=1S/C14H19N3O7/c1-2-22-14(19)24-8-6-16-12-4-3-10(17(20)21)9-11(12)13(18)23-7-5-15/h3-4,9,16H,2,5-8,15H2,1H3. The van der Waals surface area contributed by atoms with E-state index in [1.165, 1.54) is 12.1 Å². The molecule has 0 amide bonds. The number of rotatable bonds is 9. The van der Waals surface area contributed by atoms with Crippen molar-refractivity contribution in [3.05, 3.63) is 33.9 Å². The van der Waals surface area contributed by atoms with Crippen LogP contribution < -0.4 is 11.1 Å². The van der Waals surface area contributed by atoms with Gasteiger partial charge in [0, 0.05) is 30.9 Å². The van der Waals surface area contributed by atoms with E-state index in [9.17, 15) is 19.7 Å². The Balaban J connectivity index is 2.75. The molecular weight excluding hydrogens is 322 g/mol. The molecule has 24 heavy (non-hydrogen) atoms. The number of benzene rings is 1. The zero-order valence-corrected chi connectivity index (χ0v) is 13.1. The largest absolute Gasteiger partial charge is 0.508 e. The molecule has 0 aliphatic carbocycles. The zero-order valence-electron chi connectivity index (χ0n) is 13.1. The topological polar surface area (TPSA) is 143 Å². The minimum atomic E-state index is -0.800. The Kier molecular flexibility index (Phi) is 7.99.